The highest BCUT2D eigenvalue weighted by Gasteiger charge is 2.12. The average molecular weight is 392 g/mol. The topological polar surface area (TPSA) is 70.7 Å². The van der Waals surface area contributed by atoms with Gasteiger partial charge in [-0.05, 0) is 52.1 Å². The molecule has 0 spiro atoms. The molecule has 0 radical (unpaired) electrons. The number of carbonyl (C=O) groups is 2. The van der Waals surface area contributed by atoms with Crippen molar-refractivity contribution in [3.63, 3.8) is 0 Å². The summed E-state index contributed by atoms with van der Waals surface area (Å²) in [6, 6.07) is 4.98. The van der Waals surface area contributed by atoms with Crippen LogP contribution in [0.5, 0.6) is 5.75 Å². The highest BCUT2D eigenvalue weighted by molar-refractivity contribution is 6.32. The number of carbonyl (C=O) groups excluding carboxylic acids is 2. The monoisotopic (exact) mass is 391 g/mol. The molecule has 0 aliphatic carbocycles. The van der Waals surface area contributed by atoms with Gasteiger partial charge in [0.25, 0.3) is 5.91 Å². The number of halogens is 2. The third-order valence-corrected chi connectivity index (χ3v) is 3.81. The van der Waals surface area contributed by atoms with Crippen molar-refractivity contribution in [2.45, 2.75) is 26.7 Å². The maximum atomic E-state index is 11.9. The fourth-order valence-corrected chi connectivity index (χ4v) is 2.39. The lowest BCUT2D eigenvalue weighted by Gasteiger charge is -2.19. The highest BCUT2D eigenvalue weighted by Crippen LogP contribution is 2.27. The van der Waals surface area contributed by atoms with E-state index in [2.05, 4.69) is 10.6 Å². The molecule has 142 valence electrons. The van der Waals surface area contributed by atoms with Gasteiger partial charge in [0.05, 0.1) is 5.02 Å². The fraction of sp³-hybridized carbons (Fsp3) is 0.529. The van der Waals surface area contributed by atoms with Crippen LogP contribution in [0.15, 0.2) is 18.2 Å². The van der Waals surface area contributed by atoms with Crippen molar-refractivity contribution in [3.05, 3.63) is 23.2 Å². The van der Waals surface area contributed by atoms with Crippen LogP contribution in [0.3, 0.4) is 0 Å². The Bertz CT molecular complexity index is 552. The number of likely N-dealkylation sites (N-methyl/N-ethyl adjacent to an activating group) is 1. The average Bonchev–Trinajstić information content (AvgIpc) is 2.55. The minimum absolute atomic E-state index is 0. The Kier molecular flexibility index (Phi) is 12.0. The van der Waals surface area contributed by atoms with Crippen LogP contribution in [0.2, 0.25) is 5.02 Å². The van der Waals surface area contributed by atoms with Gasteiger partial charge in [0.2, 0.25) is 5.91 Å². The van der Waals surface area contributed by atoms with E-state index in [9.17, 15) is 9.59 Å². The second-order valence-corrected chi connectivity index (χ2v) is 5.66. The summed E-state index contributed by atoms with van der Waals surface area (Å²) >= 11 is 6.16. The van der Waals surface area contributed by atoms with E-state index in [1.807, 2.05) is 20.9 Å². The van der Waals surface area contributed by atoms with Gasteiger partial charge in [0, 0.05) is 25.2 Å². The van der Waals surface area contributed by atoms with E-state index in [0.29, 0.717) is 36.0 Å². The van der Waals surface area contributed by atoms with Crippen molar-refractivity contribution in [1.29, 1.82) is 0 Å². The largest absolute Gasteiger partial charge is 0.482 e. The van der Waals surface area contributed by atoms with Gasteiger partial charge in [-0.15, -0.1) is 12.4 Å². The van der Waals surface area contributed by atoms with Gasteiger partial charge in [-0.1, -0.05) is 11.6 Å². The van der Waals surface area contributed by atoms with E-state index in [4.69, 9.17) is 16.3 Å². The molecule has 0 aliphatic heterocycles. The van der Waals surface area contributed by atoms with Gasteiger partial charge < -0.3 is 20.3 Å². The van der Waals surface area contributed by atoms with E-state index >= 15 is 0 Å². The van der Waals surface area contributed by atoms with Crippen molar-refractivity contribution in [3.8, 4) is 5.75 Å². The second-order valence-electron chi connectivity index (χ2n) is 5.26. The van der Waals surface area contributed by atoms with Crippen LogP contribution < -0.4 is 15.4 Å². The van der Waals surface area contributed by atoms with Crippen LogP contribution >= 0.6 is 24.0 Å². The number of nitrogens with one attached hydrogen (secondary N) is 2. The molecule has 2 amide bonds. The molecule has 8 heteroatoms. The molecule has 0 aliphatic rings. The Hall–Kier alpha value is -1.50. The zero-order chi connectivity index (χ0) is 17.9. The Labute approximate surface area is 160 Å². The van der Waals surface area contributed by atoms with Crippen LogP contribution in [0.1, 0.15) is 26.7 Å². The maximum Gasteiger partial charge on any atom is 0.260 e. The van der Waals surface area contributed by atoms with Crippen LogP contribution in [0.4, 0.5) is 5.69 Å². The summed E-state index contributed by atoms with van der Waals surface area (Å²) in [5.41, 5.74) is 0.608. The lowest BCUT2D eigenvalue weighted by molar-refractivity contribution is -0.133. The van der Waals surface area contributed by atoms with E-state index in [1.54, 1.807) is 23.1 Å². The summed E-state index contributed by atoms with van der Waals surface area (Å²) in [7, 11) is 1.85. The first-order valence-electron chi connectivity index (χ1n) is 8.16. The van der Waals surface area contributed by atoms with Crippen LogP contribution in [-0.2, 0) is 9.59 Å². The number of amides is 2. The molecule has 0 fully saturated rings. The first-order valence-corrected chi connectivity index (χ1v) is 8.54. The van der Waals surface area contributed by atoms with Gasteiger partial charge in [0.1, 0.15) is 5.75 Å². The number of ether oxygens (including phenoxy) is 1. The minimum atomic E-state index is -0.0852. The summed E-state index contributed by atoms with van der Waals surface area (Å²) in [5.74, 6) is 0.273. The zero-order valence-corrected chi connectivity index (χ0v) is 16.5. The van der Waals surface area contributed by atoms with Crippen molar-refractivity contribution in [1.82, 2.24) is 10.2 Å². The van der Waals surface area contributed by atoms with Gasteiger partial charge in [0.15, 0.2) is 6.61 Å². The van der Waals surface area contributed by atoms with Gasteiger partial charge in [-0.3, -0.25) is 9.59 Å². The van der Waals surface area contributed by atoms with Crippen LogP contribution in [0, 0.1) is 0 Å². The lowest BCUT2D eigenvalue weighted by Crippen LogP contribution is -2.34. The number of hydrogen-bond acceptors (Lipinski definition) is 4. The summed E-state index contributed by atoms with van der Waals surface area (Å²) in [6.45, 7) is 5.86. The Morgan fingerprint density at radius 1 is 1.24 bits per heavy atom. The molecule has 0 atom stereocenters. The molecule has 0 heterocycles. The van der Waals surface area contributed by atoms with Crippen molar-refractivity contribution >= 4 is 41.5 Å². The molecule has 1 rings (SSSR count). The second kappa shape index (κ2) is 12.8. The zero-order valence-electron chi connectivity index (χ0n) is 14.9. The SMILES string of the molecule is CCN(CC)C(=O)COc1ccc(NC(=O)CCCNC)cc1Cl.Cl. The van der Waals surface area contributed by atoms with E-state index in [-0.39, 0.29) is 30.8 Å². The van der Waals surface area contributed by atoms with Crippen LogP contribution in [-0.4, -0.2) is 50.0 Å². The Balaban J connectivity index is 0.00000576. The number of nitrogens with zero attached hydrogens (tertiary/aromatic N) is 1. The molecule has 2 N–H and O–H groups in total. The number of anilines is 1. The first kappa shape index (κ1) is 23.5. The van der Waals surface area contributed by atoms with E-state index < -0.39 is 0 Å². The molecule has 0 aromatic heterocycles. The fourth-order valence-electron chi connectivity index (χ4n) is 2.15. The summed E-state index contributed by atoms with van der Waals surface area (Å²) < 4.78 is 5.48. The molecule has 1 aromatic carbocycles. The molecule has 0 saturated heterocycles. The third-order valence-electron chi connectivity index (χ3n) is 3.51. The predicted octanol–water partition coefficient (Wildman–Crippen LogP) is 2.95. The first-order chi connectivity index (χ1) is 11.5. The Morgan fingerprint density at radius 2 is 1.92 bits per heavy atom. The highest BCUT2D eigenvalue weighted by atomic mass is 35.5. The van der Waals surface area contributed by atoms with Crippen molar-refractivity contribution in [2.24, 2.45) is 0 Å². The quantitative estimate of drug-likeness (QED) is 0.601. The third kappa shape index (κ3) is 8.43. The standard InChI is InChI=1S/C17H26ClN3O3.ClH/c1-4-21(5-2)17(23)12-24-15-9-8-13(11-14(15)18)20-16(22)7-6-10-19-3;/h8-9,11,19H,4-7,10,12H2,1-3H3,(H,20,22);1H. The summed E-state index contributed by atoms with van der Waals surface area (Å²) in [4.78, 5) is 25.4. The molecule has 1 aromatic rings. The van der Waals surface area contributed by atoms with Crippen LogP contribution in [0.25, 0.3) is 0 Å². The normalized spacial score (nSPS) is 9.92. The van der Waals surface area contributed by atoms with E-state index in [1.165, 1.54) is 0 Å². The number of rotatable bonds is 10. The molecular formula is C17H27Cl2N3O3. The molecule has 0 saturated carbocycles. The maximum absolute atomic E-state index is 11.9. The lowest BCUT2D eigenvalue weighted by atomic mass is 10.2. The molecular weight excluding hydrogens is 365 g/mol. The minimum Gasteiger partial charge on any atom is -0.482 e. The van der Waals surface area contributed by atoms with Crippen molar-refractivity contribution in [2.75, 3.05) is 38.6 Å². The molecule has 0 bridgehead atoms. The van der Waals surface area contributed by atoms with E-state index in [0.717, 1.165) is 13.0 Å². The van der Waals surface area contributed by atoms with Gasteiger partial charge >= 0.3 is 0 Å². The number of hydrogen-bond donors (Lipinski definition) is 2. The smallest absolute Gasteiger partial charge is 0.260 e. The molecule has 25 heavy (non-hydrogen) atoms. The molecule has 6 nitrogen and oxygen atoms in total. The van der Waals surface area contributed by atoms with Crippen molar-refractivity contribution < 1.29 is 14.3 Å². The Morgan fingerprint density at radius 3 is 2.48 bits per heavy atom. The summed E-state index contributed by atoms with van der Waals surface area (Å²) in [6.07, 6.45) is 1.21. The molecule has 0 unspecified atom stereocenters. The predicted molar refractivity (Wildman–Crippen MR) is 104 cm³/mol. The van der Waals surface area contributed by atoms with Gasteiger partial charge in [-0.2, -0.15) is 0 Å². The summed E-state index contributed by atoms with van der Waals surface area (Å²) in [5, 5.41) is 6.14. The number of benzene rings is 1. The van der Waals surface area contributed by atoms with Gasteiger partial charge in [-0.25, -0.2) is 0 Å².